The van der Waals surface area contributed by atoms with Crippen molar-refractivity contribution in [3.8, 4) is 5.75 Å². The van der Waals surface area contributed by atoms with Gasteiger partial charge in [0.2, 0.25) is 0 Å². The number of benzene rings is 2. The topological polar surface area (TPSA) is 32.7 Å². The van der Waals surface area contributed by atoms with E-state index in [0.717, 1.165) is 23.4 Å². The molecular formula is C18H23NO2. The Morgan fingerprint density at radius 1 is 1.05 bits per heavy atom. The summed E-state index contributed by atoms with van der Waals surface area (Å²) in [6.45, 7) is 2.77. The van der Waals surface area contributed by atoms with E-state index in [-0.39, 0.29) is 6.04 Å². The average Bonchev–Trinajstić information content (AvgIpc) is 2.54. The molecule has 0 aliphatic carbocycles. The number of ether oxygens (including phenoxy) is 1. The van der Waals surface area contributed by atoms with Crippen LogP contribution in [-0.2, 0) is 6.54 Å². The van der Waals surface area contributed by atoms with E-state index in [2.05, 4.69) is 11.0 Å². The third-order valence-electron chi connectivity index (χ3n) is 3.91. The predicted octanol–water partition coefficient (Wildman–Crippen LogP) is 3.25. The van der Waals surface area contributed by atoms with Crippen LogP contribution in [0.4, 0.5) is 0 Å². The highest BCUT2D eigenvalue weighted by Crippen LogP contribution is 2.24. The molecule has 112 valence electrons. The van der Waals surface area contributed by atoms with Gasteiger partial charge in [0.05, 0.1) is 13.2 Å². The zero-order valence-corrected chi connectivity index (χ0v) is 12.9. The summed E-state index contributed by atoms with van der Waals surface area (Å²) in [6, 6.07) is 17.8. The number of para-hydroxylation sites is 1. The molecular weight excluding hydrogens is 262 g/mol. The number of likely N-dealkylation sites (N-methyl/N-ethyl adjacent to an activating group) is 1. The summed E-state index contributed by atoms with van der Waals surface area (Å²) in [5, 5.41) is 10.5. The number of nitrogens with zero attached hydrogens (tertiary/aromatic N) is 1. The van der Waals surface area contributed by atoms with Crippen molar-refractivity contribution >= 4 is 0 Å². The van der Waals surface area contributed by atoms with Crippen LogP contribution in [0.15, 0.2) is 54.6 Å². The monoisotopic (exact) mass is 285 g/mol. The summed E-state index contributed by atoms with van der Waals surface area (Å²) in [4.78, 5) is 2.13. The summed E-state index contributed by atoms with van der Waals surface area (Å²) < 4.78 is 5.38. The van der Waals surface area contributed by atoms with E-state index in [9.17, 15) is 5.11 Å². The number of methoxy groups -OCH3 is 1. The minimum atomic E-state index is -0.508. The van der Waals surface area contributed by atoms with Gasteiger partial charge in [-0.2, -0.15) is 0 Å². The number of hydrogen-bond donors (Lipinski definition) is 1. The maximum atomic E-state index is 10.5. The third-order valence-corrected chi connectivity index (χ3v) is 3.91. The van der Waals surface area contributed by atoms with Gasteiger partial charge >= 0.3 is 0 Å². The van der Waals surface area contributed by atoms with Crippen molar-refractivity contribution < 1.29 is 9.84 Å². The Hall–Kier alpha value is -1.84. The molecule has 0 aliphatic rings. The van der Waals surface area contributed by atoms with Gasteiger partial charge in [0.25, 0.3) is 0 Å². The minimum absolute atomic E-state index is 0.0114. The third kappa shape index (κ3) is 3.84. The number of rotatable bonds is 6. The van der Waals surface area contributed by atoms with Crippen LogP contribution in [0.1, 0.15) is 24.2 Å². The molecule has 3 nitrogen and oxygen atoms in total. The highest BCUT2D eigenvalue weighted by Gasteiger charge is 2.21. The van der Waals surface area contributed by atoms with Crippen molar-refractivity contribution in [1.29, 1.82) is 0 Å². The lowest BCUT2D eigenvalue weighted by molar-refractivity contribution is 0.0684. The van der Waals surface area contributed by atoms with Crippen molar-refractivity contribution in [1.82, 2.24) is 4.90 Å². The van der Waals surface area contributed by atoms with E-state index in [1.54, 1.807) is 7.11 Å². The molecule has 0 unspecified atom stereocenters. The van der Waals surface area contributed by atoms with Gasteiger partial charge < -0.3 is 9.84 Å². The van der Waals surface area contributed by atoms with Crippen molar-refractivity contribution in [2.45, 2.75) is 25.6 Å². The molecule has 2 aromatic carbocycles. The lowest BCUT2D eigenvalue weighted by Crippen LogP contribution is -2.34. The molecule has 0 heterocycles. The molecule has 0 spiro atoms. The van der Waals surface area contributed by atoms with Gasteiger partial charge in [0.1, 0.15) is 5.75 Å². The van der Waals surface area contributed by atoms with Gasteiger partial charge in [-0.05, 0) is 25.6 Å². The second-order valence-electron chi connectivity index (χ2n) is 5.32. The molecule has 0 saturated heterocycles. The Labute approximate surface area is 126 Å². The lowest BCUT2D eigenvalue weighted by atomic mass is 10.0. The molecule has 0 aliphatic heterocycles. The minimum Gasteiger partial charge on any atom is -0.496 e. The first-order valence-electron chi connectivity index (χ1n) is 7.18. The summed E-state index contributed by atoms with van der Waals surface area (Å²) >= 11 is 0. The normalized spacial score (nSPS) is 14.0. The van der Waals surface area contributed by atoms with Crippen LogP contribution in [0, 0.1) is 0 Å². The number of hydrogen-bond acceptors (Lipinski definition) is 3. The molecule has 1 N–H and O–H groups in total. The Bertz CT molecular complexity index is 556. The van der Waals surface area contributed by atoms with Crippen molar-refractivity contribution in [3.63, 3.8) is 0 Å². The first-order chi connectivity index (χ1) is 10.1. The van der Waals surface area contributed by atoms with Gasteiger partial charge in [0.15, 0.2) is 0 Å². The molecule has 0 amide bonds. The second kappa shape index (κ2) is 7.25. The summed E-state index contributed by atoms with van der Waals surface area (Å²) in [7, 11) is 3.70. The highest BCUT2D eigenvalue weighted by atomic mass is 16.5. The van der Waals surface area contributed by atoms with E-state index >= 15 is 0 Å². The van der Waals surface area contributed by atoms with Crippen LogP contribution in [0.25, 0.3) is 0 Å². The molecule has 0 saturated carbocycles. The Kier molecular flexibility index (Phi) is 5.37. The maximum Gasteiger partial charge on any atom is 0.123 e. The quantitative estimate of drug-likeness (QED) is 0.884. The molecule has 0 radical (unpaired) electrons. The SMILES string of the molecule is COc1ccccc1CN(C)[C@@H](C)[C@H](O)c1ccccc1. The van der Waals surface area contributed by atoms with Gasteiger partial charge in [-0.25, -0.2) is 0 Å². The molecule has 2 rings (SSSR count). The van der Waals surface area contributed by atoms with Gasteiger partial charge in [-0.3, -0.25) is 4.90 Å². The van der Waals surface area contributed by atoms with Crippen LogP contribution in [0.3, 0.4) is 0 Å². The zero-order valence-electron chi connectivity index (χ0n) is 12.9. The standard InChI is InChI=1S/C18H23NO2/c1-14(18(20)15-9-5-4-6-10-15)19(2)13-16-11-7-8-12-17(16)21-3/h4-12,14,18,20H,13H2,1-3H3/t14-,18-/m0/s1. The van der Waals surface area contributed by atoms with E-state index in [1.165, 1.54) is 0 Å². The summed E-state index contributed by atoms with van der Waals surface area (Å²) in [6.07, 6.45) is -0.508. The predicted molar refractivity (Wildman–Crippen MR) is 85.3 cm³/mol. The van der Waals surface area contributed by atoms with E-state index in [4.69, 9.17) is 4.74 Å². The molecule has 2 atom stereocenters. The fourth-order valence-electron chi connectivity index (χ4n) is 2.42. The zero-order chi connectivity index (χ0) is 15.2. The van der Waals surface area contributed by atoms with Gasteiger partial charge in [0, 0.05) is 18.2 Å². The molecule has 2 aromatic rings. The average molecular weight is 285 g/mol. The molecule has 0 aromatic heterocycles. The summed E-state index contributed by atoms with van der Waals surface area (Å²) in [5.41, 5.74) is 2.06. The Morgan fingerprint density at radius 2 is 1.67 bits per heavy atom. The maximum absolute atomic E-state index is 10.5. The van der Waals surface area contributed by atoms with Crippen molar-refractivity contribution in [2.24, 2.45) is 0 Å². The molecule has 21 heavy (non-hydrogen) atoms. The fourth-order valence-corrected chi connectivity index (χ4v) is 2.42. The Morgan fingerprint density at radius 3 is 2.33 bits per heavy atom. The number of aliphatic hydroxyl groups excluding tert-OH is 1. The van der Waals surface area contributed by atoms with Crippen LogP contribution in [0.5, 0.6) is 5.75 Å². The fraction of sp³-hybridized carbons (Fsp3) is 0.333. The van der Waals surface area contributed by atoms with Gasteiger partial charge in [-0.1, -0.05) is 48.5 Å². The number of aliphatic hydroxyl groups is 1. The molecule has 3 heteroatoms. The summed E-state index contributed by atoms with van der Waals surface area (Å²) in [5.74, 6) is 0.880. The van der Waals surface area contributed by atoms with Crippen LogP contribution < -0.4 is 4.74 Å². The van der Waals surface area contributed by atoms with Crippen LogP contribution >= 0.6 is 0 Å². The van der Waals surface area contributed by atoms with Crippen molar-refractivity contribution in [3.05, 3.63) is 65.7 Å². The van der Waals surface area contributed by atoms with Crippen molar-refractivity contribution in [2.75, 3.05) is 14.2 Å². The van der Waals surface area contributed by atoms with E-state index < -0.39 is 6.10 Å². The van der Waals surface area contributed by atoms with Gasteiger partial charge in [-0.15, -0.1) is 0 Å². The second-order valence-corrected chi connectivity index (χ2v) is 5.32. The van der Waals surface area contributed by atoms with E-state index in [1.807, 2.05) is 62.5 Å². The first kappa shape index (κ1) is 15.5. The van der Waals surface area contributed by atoms with Crippen LogP contribution in [-0.4, -0.2) is 30.2 Å². The van der Waals surface area contributed by atoms with E-state index in [0.29, 0.717) is 0 Å². The molecule has 0 fully saturated rings. The lowest BCUT2D eigenvalue weighted by Gasteiger charge is -2.29. The first-order valence-corrected chi connectivity index (χ1v) is 7.18. The largest absolute Gasteiger partial charge is 0.496 e. The Balaban J connectivity index is 2.07. The van der Waals surface area contributed by atoms with Crippen LogP contribution in [0.2, 0.25) is 0 Å². The highest BCUT2D eigenvalue weighted by molar-refractivity contribution is 5.33. The smallest absolute Gasteiger partial charge is 0.123 e. The molecule has 0 bridgehead atoms.